The Hall–Kier alpha value is -2.18. The van der Waals surface area contributed by atoms with E-state index in [2.05, 4.69) is 36.5 Å². The quantitative estimate of drug-likeness (QED) is 0.752. The number of carbonyl (C=O) groups excluding carboxylic acids is 1. The predicted molar refractivity (Wildman–Crippen MR) is 116 cm³/mol. The fourth-order valence-electron chi connectivity index (χ4n) is 3.73. The standard InChI is InChI=1S/C23H30N2O3S/c1-3-19-9-11-21(12-10-19)18(2)24-23(26)22-13-15-25(16-14-22)29(27,28)17-20-7-5-4-6-8-20/h4-12,18,22H,3,13-17H2,1-2H3,(H,24,26)/t18-/m0/s1. The number of rotatable bonds is 7. The van der Waals surface area contributed by atoms with Gasteiger partial charge in [-0.3, -0.25) is 4.79 Å². The summed E-state index contributed by atoms with van der Waals surface area (Å²) in [5.74, 6) is -0.122. The highest BCUT2D eigenvalue weighted by atomic mass is 32.2. The molecule has 1 heterocycles. The van der Waals surface area contributed by atoms with Gasteiger partial charge in [-0.1, -0.05) is 61.5 Å². The van der Waals surface area contributed by atoms with Crippen molar-refractivity contribution in [3.8, 4) is 0 Å². The SMILES string of the molecule is CCc1ccc([C@H](C)NC(=O)C2CCN(S(=O)(=O)Cc3ccccc3)CC2)cc1. The minimum Gasteiger partial charge on any atom is -0.349 e. The molecule has 2 aromatic rings. The topological polar surface area (TPSA) is 66.5 Å². The van der Waals surface area contributed by atoms with E-state index < -0.39 is 10.0 Å². The molecule has 0 spiro atoms. The van der Waals surface area contributed by atoms with Gasteiger partial charge in [0.25, 0.3) is 0 Å². The fraction of sp³-hybridized carbons (Fsp3) is 0.435. The third-order valence-electron chi connectivity index (χ3n) is 5.66. The summed E-state index contributed by atoms with van der Waals surface area (Å²) >= 11 is 0. The minimum atomic E-state index is -3.36. The van der Waals surface area contributed by atoms with Crippen molar-refractivity contribution in [1.82, 2.24) is 9.62 Å². The number of nitrogens with zero attached hydrogens (tertiary/aromatic N) is 1. The Morgan fingerprint density at radius 1 is 1.03 bits per heavy atom. The fourth-order valence-corrected chi connectivity index (χ4v) is 5.29. The highest BCUT2D eigenvalue weighted by molar-refractivity contribution is 7.88. The normalized spacial score (nSPS) is 17.0. The molecule has 1 amide bonds. The van der Waals surface area contributed by atoms with Gasteiger partial charge in [0.15, 0.2) is 0 Å². The Kier molecular flexibility index (Phi) is 7.09. The molecule has 1 aliphatic rings. The van der Waals surface area contributed by atoms with E-state index in [1.165, 1.54) is 9.87 Å². The zero-order chi connectivity index (χ0) is 20.9. The summed E-state index contributed by atoms with van der Waals surface area (Å²) in [6.07, 6.45) is 2.11. The molecular weight excluding hydrogens is 384 g/mol. The predicted octanol–water partition coefficient (Wildman–Crippen LogP) is 3.67. The number of hydrogen-bond donors (Lipinski definition) is 1. The molecule has 0 aliphatic carbocycles. The minimum absolute atomic E-state index is 0.00942. The summed E-state index contributed by atoms with van der Waals surface area (Å²) in [4.78, 5) is 12.7. The number of sulfonamides is 1. The van der Waals surface area contributed by atoms with Gasteiger partial charge >= 0.3 is 0 Å². The molecular formula is C23H30N2O3S. The highest BCUT2D eigenvalue weighted by Crippen LogP contribution is 2.23. The largest absolute Gasteiger partial charge is 0.349 e. The van der Waals surface area contributed by atoms with Crippen molar-refractivity contribution >= 4 is 15.9 Å². The first-order valence-corrected chi connectivity index (χ1v) is 11.9. The van der Waals surface area contributed by atoms with Gasteiger partial charge in [0.05, 0.1) is 11.8 Å². The molecule has 0 radical (unpaired) electrons. The van der Waals surface area contributed by atoms with E-state index in [0.29, 0.717) is 25.9 Å². The van der Waals surface area contributed by atoms with Crippen molar-refractivity contribution in [3.63, 3.8) is 0 Å². The maximum absolute atomic E-state index is 12.7. The molecule has 1 aliphatic heterocycles. The maximum Gasteiger partial charge on any atom is 0.223 e. The van der Waals surface area contributed by atoms with Crippen molar-refractivity contribution in [1.29, 1.82) is 0 Å². The van der Waals surface area contributed by atoms with Crippen molar-refractivity contribution in [3.05, 3.63) is 71.3 Å². The van der Waals surface area contributed by atoms with Crippen LogP contribution in [-0.4, -0.2) is 31.7 Å². The molecule has 3 rings (SSSR count). The first kappa shape index (κ1) is 21.5. The second kappa shape index (κ2) is 9.55. The Balaban J connectivity index is 1.52. The van der Waals surface area contributed by atoms with Crippen LogP contribution in [0.3, 0.4) is 0 Å². The van der Waals surface area contributed by atoms with Crippen LogP contribution >= 0.6 is 0 Å². The van der Waals surface area contributed by atoms with E-state index in [1.807, 2.05) is 37.3 Å². The van der Waals surface area contributed by atoms with Gasteiger partial charge < -0.3 is 5.32 Å². The van der Waals surface area contributed by atoms with Crippen molar-refractivity contribution in [2.24, 2.45) is 5.92 Å². The number of nitrogens with one attached hydrogen (secondary N) is 1. The molecule has 0 unspecified atom stereocenters. The highest BCUT2D eigenvalue weighted by Gasteiger charge is 2.31. The van der Waals surface area contributed by atoms with E-state index in [4.69, 9.17) is 0 Å². The van der Waals surface area contributed by atoms with E-state index in [9.17, 15) is 13.2 Å². The lowest BCUT2D eigenvalue weighted by Crippen LogP contribution is -2.43. The zero-order valence-corrected chi connectivity index (χ0v) is 18.0. The average Bonchev–Trinajstić information content (AvgIpc) is 2.74. The van der Waals surface area contributed by atoms with Crippen molar-refractivity contribution in [2.45, 2.75) is 44.9 Å². The number of carbonyl (C=O) groups is 1. The Morgan fingerprint density at radius 2 is 1.66 bits per heavy atom. The Morgan fingerprint density at radius 3 is 2.24 bits per heavy atom. The van der Waals surface area contributed by atoms with E-state index >= 15 is 0 Å². The van der Waals surface area contributed by atoms with Gasteiger partial charge in [-0.15, -0.1) is 0 Å². The van der Waals surface area contributed by atoms with Gasteiger partial charge in [-0.2, -0.15) is 0 Å². The molecule has 2 aromatic carbocycles. The zero-order valence-electron chi connectivity index (χ0n) is 17.2. The van der Waals surface area contributed by atoms with Crippen LogP contribution in [0.15, 0.2) is 54.6 Å². The molecule has 0 aromatic heterocycles. The van der Waals surface area contributed by atoms with E-state index in [1.54, 1.807) is 0 Å². The van der Waals surface area contributed by atoms with Crippen LogP contribution in [0.4, 0.5) is 0 Å². The first-order chi connectivity index (χ1) is 13.9. The Labute approximate surface area is 174 Å². The Bertz CT molecular complexity index is 903. The van der Waals surface area contributed by atoms with Crippen molar-refractivity contribution in [2.75, 3.05) is 13.1 Å². The van der Waals surface area contributed by atoms with Gasteiger partial charge in [0.2, 0.25) is 15.9 Å². The molecule has 1 saturated heterocycles. The van der Waals surface area contributed by atoms with Crippen LogP contribution in [0.25, 0.3) is 0 Å². The molecule has 1 N–H and O–H groups in total. The summed E-state index contributed by atoms with van der Waals surface area (Å²) in [7, 11) is -3.36. The third-order valence-corrected chi connectivity index (χ3v) is 7.51. The molecule has 6 heteroatoms. The number of aryl methyl sites for hydroxylation is 1. The third kappa shape index (κ3) is 5.67. The van der Waals surface area contributed by atoms with Crippen LogP contribution in [-0.2, 0) is 27.0 Å². The van der Waals surface area contributed by atoms with Crippen LogP contribution in [0, 0.1) is 5.92 Å². The van der Waals surface area contributed by atoms with Gasteiger partial charge in [0.1, 0.15) is 0 Å². The molecule has 0 bridgehead atoms. The van der Waals surface area contributed by atoms with E-state index in [0.717, 1.165) is 17.5 Å². The number of hydrogen-bond acceptors (Lipinski definition) is 3. The second-order valence-corrected chi connectivity index (χ2v) is 9.71. The first-order valence-electron chi connectivity index (χ1n) is 10.3. The molecule has 1 fully saturated rings. The van der Waals surface area contributed by atoms with Crippen LogP contribution < -0.4 is 5.32 Å². The monoisotopic (exact) mass is 414 g/mol. The lowest BCUT2D eigenvalue weighted by atomic mass is 9.96. The molecule has 29 heavy (non-hydrogen) atoms. The smallest absolute Gasteiger partial charge is 0.223 e. The summed E-state index contributed by atoms with van der Waals surface area (Å²) in [5, 5.41) is 3.09. The summed E-state index contributed by atoms with van der Waals surface area (Å²) < 4.78 is 26.9. The number of benzene rings is 2. The van der Waals surface area contributed by atoms with Gasteiger partial charge in [-0.25, -0.2) is 12.7 Å². The lowest BCUT2D eigenvalue weighted by molar-refractivity contribution is -0.126. The van der Waals surface area contributed by atoms with Gasteiger partial charge in [0, 0.05) is 19.0 Å². The van der Waals surface area contributed by atoms with Crippen molar-refractivity contribution < 1.29 is 13.2 Å². The van der Waals surface area contributed by atoms with Gasteiger partial charge in [-0.05, 0) is 42.9 Å². The molecule has 1 atom stereocenters. The molecule has 0 saturated carbocycles. The van der Waals surface area contributed by atoms with Crippen LogP contribution in [0.2, 0.25) is 0 Å². The summed E-state index contributed by atoms with van der Waals surface area (Å²) in [5.41, 5.74) is 3.14. The van der Waals surface area contributed by atoms with Crippen LogP contribution in [0.5, 0.6) is 0 Å². The average molecular weight is 415 g/mol. The lowest BCUT2D eigenvalue weighted by Gasteiger charge is -2.31. The van der Waals surface area contributed by atoms with E-state index in [-0.39, 0.29) is 23.6 Å². The number of piperidine rings is 1. The number of amides is 1. The molecule has 5 nitrogen and oxygen atoms in total. The maximum atomic E-state index is 12.7. The summed E-state index contributed by atoms with van der Waals surface area (Å²) in [6, 6.07) is 17.5. The van der Waals surface area contributed by atoms with Crippen LogP contribution in [0.1, 0.15) is 49.4 Å². The summed E-state index contributed by atoms with van der Waals surface area (Å²) in [6.45, 7) is 4.89. The second-order valence-electron chi connectivity index (χ2n) is 7.74. The molecule has 156 valence electrons.